The minimum atomic E-state index is -0.372. The molecule has 1 fully saturated rings. The zero-order valence-electron chi connectivity index (χ0n) is 14.9. The number of carbonyl (C=O) groups is 2. The highest BCUT2D eigenvalue weighted by atomic mass is 32.2. The lowest BCUT2D eigenvalue weighted by molar-refractivity contribution is -0.122. The fraction of sp³-hybridized carbons (Fsp3) is 0.444. The first-order chi connectivity index (χ1) is 12.6. The zero-order chi connectivity index (χ0) is 18.5. The van der Waals surface area contributed by atoms with Crippen LogP contribution in [0.15, 0.2) is 28.6 Å². The van der Waals surface area contributed by atoms with E-state index >= 15 is 0 Å². The molecular weight excluding hydrogens is 368 g/mol. The average Bonchev–Trinajstić information content (AvgIpc) is 3.22. The van der Waals surface area contributed by atoms with Gasteiger partial charge in [-0.1, -0.05) is 48.6 Å². The summed E-state index contributed by atoms with van der Waals surface area (Å²) in [5.41, 5.74) is 1.93. The summed E-state index contributed by atoms with van der Waals surface area (Å²) < 4.78 is 0.859. The van der Waals surface area contributed by atoms with Crippen molar-refractivity contribution in [3.8, 4) is 0 Å². The van der Waals surface area contributed by atoms with Gasteiger partial charge in [-0.05, 0) is 31.0 Å². The Hall–Kier alpha value is -1.93. The molecule has 26 heavy (non-hydrogen) atoms. The highest BCUT2D eigenvalue weighted by Crippen LogP contribution is 2.29. The number of nitrogens with one attached hydrogen (secondary N) is 1. The predicted molar refractivity (Wildman–Crippen MR) is 106 cm³/mol. The molecule has 1 aliphatic rings. The largest absolute Gasteiger partial charge is 0.312 e. The number of aryl methyl sites for hydroxylation is 1. The summed E-state index contributed by atoms with van der Waals surface area (Å²) in [5.74, 6) is 0.434. The number of amides is 2. The van der Waals surface area contributed by atoms with Crippen molar-refractivity contribution >= 4 is 45.7 Å². The molecule has 2 amide bonds. The number of aromatic nitrogens is 2. The quantitative estimate of drug-likeness (QED) is 0.443. The highest BCUT2D eigenvalue weighted by Gasteiger charge is 2.35. The lowest BCUT2D eigenvalue weighted by atomic mass is 10.1. The van der Waals surface area contributed by atoms with Crippen LogP contribution in [0.25, 0.3) is 0 Å². The van der Waals surface area contributed by atoms with Gasteiger partial charge in [0.1, 0.15) is 0 Å². The Labute approximate surface area is 161 Å². The van der Waals surface area contributed by atoms with Crippen molar-refractivity contribution in [2.75, 3.05) is 22.5 Å². The highest BCUT2D eigenvalue weighted by molar-refractivity contribution is 8.01. The molecule has 1 aromatic heterocycles. The summed E-state index contributed by atoms with van der Waals surface area (Å²) in [5, 5.41) is 11.4. The van der Waals surface area contributed by atoms with Crippen molar-refractivity contribution in [2.45, 2.75) is 37.4 Å². The van der Waals surface area contributed by atoms with Crippen LogP contribution in [0, 0.1) is 12.8 Å². The summed E-state index contributed by atoms with van der Waals surface area (Å²) in [4.78, 5) is 26.5. The van der Waals surface area contributed by atoms with E-state index in [2.05, 4.69) is 22.4 Å². The van der Waals surface area contributed by atoms with Gasteiger partial charge >= 0.3 is 0 Å². The first kappa shape index (κ1) is 18.8. The van der Waals surface area contributed by atoms with Crippen LogP contribution >= 0.6 is 23.1 Å². The molecular formula is C18H22N4O2S2. The van der Waals surface area contributed by atoms with E-state index in [1.165, 1.54) is 11.3 Å². The van der Waals surface area contributed by atoms with Gasteiger partial charge in [0.05, 0.1) is 5.92 Å². The number of thioether (sulfide) groups is 1. The number of unbranched alkanes of at least 4 members (excludes halogenated alkanes) is 1. The number of nitrogens with zero attached hydrogens (tertiary/aromatic N) is 3. The van der Waals surface area contributed by atoms with Gasteiger partial charge in [0.2, 0.25) is 16.9 Å². The summed E-state index contributed by atoms with van der Waals surface area (Å²) >= 11 is 3.04. The Bertz CT molecular complexity index is 793. The third-order valence-electron chi connectivity index (χ3n) is 4.17. The number of hydrogen-bond acceptors (Lipinski definition) is 6. The normalized spacial score (nSPS) is 16.9. The molecule has 6 nitrogen and oxygen atoms in total. The standard InChI is InChI=1S/C18H22N4O2S2/c1-3-4-8-25-18-21-20-17(26-18)19-16(24)13-10-15(23)22(11-13)14-7-5-6-12(2)9-14/h5-7,9,13H,3-4,8,10-11H2,1-2H3,(H,19,20,24)/t13-/m1/s1. The summed E-state index contributed by atoms with van der Waals surface area (Å²) in [6.07, 6.45) is 2.49. The van der Waals surface area contributed by atoms with Crippen LogP contribution in [0.5, 0.6) is 0 Å². The van der Waals surface area contributed by atoms with Crippen molar-refractivity contribution in [1.82, 2.24) is 10.2 Å². The zero-order valence-corrected chi connectivity index (χ0v) is 16.5. The van der Waals surface area contributed by atoms with Gasteiger partial charge in [-0.15, -0.1) is 10.2 Å². The van der Waals surface area contributed by atoms with Gasteiger partial charge in [-0.2, -0.15) is 0 Å². The summed E-state index contributed by atoms with van der Waals surface area (Å²) in [6, 6.07) is 7.77. The first-order valence-electron chi connectivity index (χ1n) is 8.71. The molecule has 8 heteroatoms. The predicted octanol–water partition coefficient (Wildman–Crippen LogP) is 3.73. The van der Waals surface area contributed by atoms with Crippen molar-refractivity contribution < 1.29 is 9.59 Å². The smallest absolute Gasteiger partial charge is 0.231 e. The van der Waals surface area contributed by atoms with Crippen LogP contribution in [0.4, 0.5) is 10.8 Å². The van der Waals surface area contributed by atoms with Crippen LogP contribution in [-0.2, 0) is 9.59 Å². The van der Waals surface area contributed by atoms with Gasteiger partial charge in [-0.3, -0.25) is 9.59 Å². The van der Waals surface area contributed by atoms with Gasteiger partial charge < -0.3 is 10.2 Å². The maximum atomic E-state index is 12.5. The number of anilines is 2. The number of rotatable bonds is 7. The molecule has 1 aromatic carbocycles. The third-order valence-corrected chi connectivity index (χ3v) is 6.23. The van der Waals surface area contributed by atoms with E-state index in [0.717, 1.165) is 34.2 Å². The molecule has 0 bridgehead atoms. The van der Waals surface area contributed by atoms with Gasteiger partial charge in [0.25, 0.3) is 0 Å². The van der Waals surface area contributed by atoms with E-state index in [1.807, 2.05) is 31.2 Å². The lowest BCUT2D eigenvalue weighted by Gasteiger charge is -2.17. The topological polar surface area (TPSA) is 75.2 Å². The number of hydrogen-bond donors (Lipinski definition) is 1. The molecule has 1 atom stereocenters. The maximum Gasteiger partial charge on any atom is 0.231 e. The van der Waals surface area contributed by atoms with Crippen molar-refractivity contribution in [3.63, 3.8) is 0 Å². The SMILES string of the molecule is CCCCSc1nnc(NC(=O)[C@@H]2CC(=O)N(c3cccc(C)c3)C2)s1. The van der Waals surface area contributed by atoms with E-state index in [0.29, 0.717) is 11.7 Å². The van der Waals surface area contributed by atoms with E-state index in [1.54, 1.807) is 16.7 Å². The van der Waals surface area contributed by atoms with Gasteiger partial charge in [0, 0.05) is 24.4 Å². The molecule has 0 aliphatic carbocycles. The van der Waals surface area contributed by atoms with E-state index in [-0.39, 0.29) is 24.2 Å². The monoisotopic (exact) mass is 390 g/mol. The van der Waals surface area contributed by atoms with Crippen LogP contribution < -0.4 is 10.2 Å². The van der Waals surface area contributed by atoms with Crippen molar-refractivity contribution in [1.29, 1.82) is 0 Å². The molecule has 138 valence electrons. The van der Waals surface area contributed by atoms with E-state index < -0.39 is 0 Å². The van der Waals surface area contributed by atoms with E-state index in [4.69, 9.17) is 0 Å². The minimum absolute atomic E-state index is 0.0242. The Morgan fingerprint density at radius 1 is 1.42 bits per heavy atom. The van der Waals surface area contributed by atoms with Crippen molar-refractivity contribution in [3.05, 3.63) is 29.8 Å². The molecule has 1 N–H and O–H groups in total. The first-order valence-corrected chi connectivity index (χ1v) is 10.5. The molecule has 2 aromatic rings. The molecule has 0 saturated carbocycles. The minimum Gasteiger partial charge on any atom is -0.312 e. The molecule has 0 spiro atoms. The number of benzene rings is 1. The summed E-state index contributed by atoms with van der Waals surface area (Å²) in [6.45, 7) is 4.53. The molecule has 2 heterocycles. The molecule has 0 unspecified atom stereocenters. The Morgan fingerprint density at radius 2 is 2.27 bits per heavy atom. The maximum absolute atomic E-state index is 12.5. The molecule has 0 radical (unpaired) electrons. The Kier molecular flexibility index (Phi) is 6.26. The lowest BCUT2D eigenvalue weighted by Crippen LogP contribution is -2.28. The Morgan fingerprint density at radius 3 is 3.04 bits per heavy atom. The van der Waals surface area contributed by atoms with Crippen LogP contribution in [0.2, 0.25) is 0 Å². The van der Waals surface area contributed by atoms with Crippen LogP contribution in [0.1, 0.15) is 31.7 Å². The summed E-state index contributed by atoms with van der Waals surface area (Å²) in [7, 11) is 0. The third kappa shape index (κ3) is 4.62. The second-order valence-electron chi connectivity index (χ2n) is 6.31. The Balaban J connectivity index is 1.58. The van der Waals surface area contributed by atoms with Crippen LogP contribution in [-0.4, -0.2) is 34.3 Å². The van der Waals surface area contributed by atoms with Crippen molar-refractivity contribution in [2.24, 2.45) is 5.92 Å². The van der Waals surface area contributed by atoms with Gasteiger partial charge in [0.15, 0.2) is 4.34 Å². The van der Waals surface area contributed by atoms with Crippen LogP contribution in [0.3, 0.4) is 0 Å². The molecule has 1 aliphatic heterocycles. The second-order valence-corrected chi connectivity index (χ2v) is 8.63. The second kappa shape index (κ2) is 8.64. The van der Waals surface area contributed by atoms with Gasteiger partial charge in [-0.25, -0.2) is 0 Å². The average molecular weight is 391 g/mol. The number of carbonyl (C=O) groups excluding carboxylic acids is 2. The fourth-order valence-corrected chi connectivity index (χ4v) is 4.67. The van der Waals surface area contributed by atoms with E-state index in [9.17, 15) is 9.59 Å². The fourth-order valence-electron chi connectivity index (χ4n) is 2.76. The molecule has 1 saturated heterocycles. The molecule has 3 rings (SSSR count).